The lowest BCUT2D eigenvalue weighted by atomic mass is 10.2. The number of hydrogen-bond donors (Lipinski definition) is 2. The predicted molar refractivity (Wildman–Crippen MR) is 107 cm³/mol. The summed E-state index contributed by atoms with van der Waals surface area (Å²) in [5.41, 5.74) is 1.01. The summed E-state index contributed by atoms with van der Waals surface area (Å²) in [6.07, 6.45) is 0.767. The van der Waals surface area contributed by atoms with Crippen molar-refractivity contribution in [1.29, 1.82) is 0 Å². The van der Waals surface area contributed by atoms with Crippen LogP contribution in [0.15, 0.2) is 53.4 Å². The van der Waals surface area contributed by atoms with Gasteiger partial charge in [-0.3, -0.25) is 4.79 Å². The van der Waals surface area contributed by atoms with Gasteiger partial charge in [0.25, 0.3) is 5.91 Å². The smallest absolute Gasteiger partial charge is 0.255 e. The van der Waals surface area contributed by atoms with E-state index in [0.717, 1.165) is 0 Å². The number of nitrogens with one attached hydrogen (secondary N) is 2. The zero-order valence-corrected chi connectivity index (χ0v) is 16.8. The molecule has 0 heterocycles. The Labute approximate surface area is 161 Å². The molecule has 0 fully saturated rings. The van der Waals surface area contributed by atoms with Crippen LogP contribution in [0.4, 0.5) is 5.69 Å². The van der Waals surface area contributed by atoms with E-state index in [0.29, 0.717) is 23.4 Å². The van der Waals surface area contributed by atoms with Crippen LogP contribution in [0.2, 0.25) is 0 Å². The van der Waals surface area contributed by atoms with Gasteiger partial charge in [-0.1, -0.05) is 6.92 Å². The zero-order chi connectivity index (χ0) is 20.0. The van der Waals surface area contributed by atoms with Crippen molar-refractivity contribution in [2.45, 2.75) is 51.2 Å². The van der Waals surface area contributed by atoms with E-state index < -0.39 is 10.0 Å². The molecule has 0 aliphatic carbocycles. The number of ether oxygens (including phenoxy) is 1. The van der Waals surface area contributed by atoms with Crippen LogP contribution in [0, 0.1) is 0 Å². The van der Waals surface area contributed by atoms with Gasteiger partial charge in [0, 0.05) is 17.3 Å². The molecular formula is C20H26N2O4S. The first-order valence-corrected chi connectivity index (χ1v) is 10.4. The minimum atomic E-state index is -3.56. The van der Waals surface area contributed by atoms with Gasteiger partial charge in [-0.15, -0.1) is 0 Å². The van der Waals surface area contributed by atoms with Gasteiger partial charge < -0.3 is 10.1 Å². The van der Waals surface area contributed by atoms with Crippen LogP contribution in [0.5, 0.6) is 5.75 Å². The minimum Gasteiger partial charge on any atom is -0.491 e. The maximum absolute atomic E-state index is 12.3. The molecular weight excluding hydrogens is 364 g/mol. The van der Waals surface area contributed by atoms with Crippen LogP contribution in [0.1, 0.15) is 44.5 Å². The monoisotopic (exact) mass is 390 g/mol. The molecule has 27 heavy (non-hydrogen) atoms. The molecule has 2 rings (SSSR count). The summed E-state index contributed by atoms with van der Waals surface area (Å²) < 4.78 is 32.7. The van der Waals surface area contributed by atoms with Crippen LogP contribution in [0.3, 0.4) is 0 Å². The van der Waals surface area contributed by atoms with E-state index in [4.69, 9.17) is 4.74 Å². The van der Waals surface area contributed by atoms with Crippen LogP contribution in [-0.2, 0) is 10.0 Å². The summed E-state index contributed by atoms with van der Waals surface area (Å²) in [5, 5.41) is 2.75. The molecule has 0 aliphatic heterocycles. The van der Waals surface area contributed by atoms with Crippen molar-refractivity contribution in [2.24, 2.45) is 0 Å². The average Bonchev–Trinajstić information content (AvgIpc) is 2.61. The van der Waals surface area contributed by atoms with Crippen LogP contribution in [0.25, 0.3) is 0 Å². The van der Waals surface area contributed by atoms with Crippen molar-refractivity contribution in [3.63, 3.8) is 0 Å². The van der Waals surface area contributed by atoms with E-state index in [9.17, 15) is 13.2 Å². The minimum absolute atomic E-state index is 0.0641. The van der Waals surface area contributed by atoms with Gasteiger partial charge in [-0.25, -0.2) is 13.1 Å². The molecule has 7 heteroatoms. The lowest BCUT2D eigenvalue weighted by Crippen LogP contribution is -2.31. The topological polar surface area (TPSA) is 84.5 Å². The lowest BCUT2D eigenvalue weighted by Gasteiger charge is -2.13. The molecule has 0 aromatic heterocycles. The molecule has 2 aromatic rings. The van der Waals surface area contributed by atoms with Crippen molar-refractivity contribution in [3.8, 4) is 5.75 Å². The van der Waals surface area contributed by atoms with Gasteiger partial charge in [-0.2, -0.15) is 0 Å². The molecule has 0 saturated heterocycles. The van der Waals surface area contributed by atoms with Crippen LogP contribution < -0.4 is 14.8 Å². The summed E-state index contributed by atoms with van der Waals surface area (Å²) in [6.45, 7) is 7.59. The van der Waals surface area contributed by atoms with Gasteiger partial charge in [0.05, 0.1) is 11.0 Å². The Balaban J connectivity index is 2.04. The first-order chi connectivity index (χ1) is 12.7. The zero-order valence-electron chi connectivity index (χ0n) is 16.0. The van der Waals surface area contributed by atoms with E-state index in [1.807, 2.05) is 27.7 Å². The summed E-state index contributed by atoms with van der Waals surface area (Å²) in [5.74, 6) is 0.421. The van der Waals surface area contributed by atoms with Crippen molar-refractivity contribution in [1.82, 2.24) is 4.72 Å². The van der Waals surface area contributed by atoms with Crippen molar-refractivity contribution in [2.75, 3.05) is 5.32 Å². The Morgan fingerprint density at radius 1 is 1.00 bits per heavy atom. The standard InChI is InChI=1S/C20H26N2O4S/c1-5-15(4)22-27(24,25)19-12-8-17(9-13-19)21-20(23)16-6-10-18(11-7-16)26-14(2)3/h6-15,22H,5H2,1-4H3,(H,21,23). The largest absolute Gasteiger partial charge is 0.491 e. The maximum atomic E-state index is 12.3. The number of hydrogen-bond acceptors (Lipinski definition) is 4. The fraction of sp³-hybridized carbons (Fsp3) is 0.350. The average molecular weight is 391 g/mol. The third-order valence-electron chi connectivity index (χ3n) is 3.88. The maximum Gasteiger partial charge on any atom is 0.255 e. The lowest BCUT2D eigenvalue weighted by molar-refractivity contribution is 0.102. The highest BCUT2D eigenvalue weighted by atomic mass is 32.2. The molecule has 0 radical (unpaired) electrons. The third-order valence-corrected chi connectivity index (χ3v) is 5.48. The fourth-order valence-corrected chi connectivity index (χ4v) is 3.62. The molecule has 2 N–H and O–H groups in total. The quantitative estimate of drug-likeness (QED) is 0.718. The molecule has 0 saturated carbocycles. The number of amides is 1. The second-order valence-corrected chi connectivity index (χ2v) is 8.31. The fourth-order valence-electron chi connectivity index (χ4n) is 2.29. The molecule has 0 bridgehead atoms. The molecule has 2 aromatic carbocycles. The highest BCUT2D eigenvalue weighted by molar-refractivity contribution is 7.89. The predicted octanol–water partition coefficient (Wildman–Crippen LogP) is 3.80. The molecule has 1 atom stereocenters. The molecule has 1 unspecified atom stereocenters. The highest BCUT2D eigenvalue weighted by Gasteiger charge is 2.16. The van der Waals surface area contributed by atoms with Crippen molar-refractivity contribution in [3.05, 3.63) is 54.1 Å². The number of anilines is 1. The first-order valence-electron chi connectivity index (χ1n) is 8.91. The number of benzene rings is 2. The van der Waals surface area contributed by atoms with E-state index in [1.165, 1.54) is 12.1 Å². The Hall–Kier alpha value is -2.38. The van der Waals surface area contributed by atoms with Gasteiger partial charge in [-0.05, 0) is 75.7 Å². The Kier molecular flexibility index (Phi) is 6.98. The molecule has 1 amide bonds. The second kappa shape index (κ2) is 9.01. The highest BCUT2D eigenvalue weighted by Crippen LogP contribution is 2.17. The van der Waals surface area contributed by atoms with Gasteiger partial charge in [0.15, 0.2) is 0 Å². The second-order valence-electron chi connectivity index (χ2n) is 6.60. The van der Waals surface area contributed by atoms with Crippen molar-refractivity contribution >= 4 is 21.6 Å². The van der Waals surface area contributed by atoms with E-state index in [-0.39, 0.29) is 22.9 Å². The number of carbonyl (C=O) groups excluding carboxylic acids is 1. The van der Waals surface area contributed by atoms with E-state index in [1.54, 1.807) is 36.4 Å². The van der Waals surface area contributed by atoms with Crippen LogP contribution in [-0.4, -0.2) is 26.5 Å². The molecule has 6 nitrogen and oxygen atoms in total. The van der Waals surface area contributed by atoms with E-state index >= 15 is 0 Å². The summed E-state index contributed by atoms with van der Waals surface area (Å²) in [7, 11) is -3.56. The first kappa shape index (κ1) is 20.9. The summed E-state index contributed by atoms with van der Waals surface area (Å²) in [6, 6.07) is 12.8. The molecule has 146 valence electrons. The molecule has 0 spiro atoms. The van der Waals surface area contributed by atoms with Gasteiger partial charge >= 0.3 is 0 Å². The third kappa shape index (κ3) is 6.08. The Morgan fingerprint density at radius 2 is 1.59 bits per heavy atom. The Morgan fingerprint density at radius 3 is 2.11 bits per heavy atom. The normalized spacial score (nSPS) is 12.6. The summed E-state index contributed by atoms with van der Waals surface area (Å²) in [4.78, 5) is 12.5. The van der Waals surface area contributed by atoms with Crippen molar-refractivity contribution < 1.29 is 17.9 Å². The van der Waals surface area contributed by atoms with E-state index in [2.05, 4.69) is 10.0 Å². The van der Waals surface area contributed by atoms with Crippen LogP contribution >= 0.6 is 0 Å². The summed E-state index contributed by atoms with van der Waals surface area (Å²) >= 11 is 0. The van der Waals surface area contributed by atoms with Gasteiger partial charge in [0.2, 0.25) is 10.0 Å². The number of rotatable bonds is 8. The number of sulfonamides is 1. The number of carbonyl (C=O) groups is 1. The molecule has 0 aliphatic rings. The SMILES string of the molecule is CCC(C)NS(=O)(=O)c1ccc(NC(=O)c2ccc(OC(C)C)cc2)cc1. The Bertz CT molecular complexity index is 860. The van der Waals surface area contributed by atoms with Gasteiger partial charge in [0.1, 0.15) is 5.75 Å².